The van der Waals surface area contributed by atoms with Crippen molar-refractivity contribution in [3.05, 3.63) is 0 Å². The molecular weight excluding hydrogens is 230 g/mol. The molecule has 1 aliphatic carbocycles. The molecule has 0 aromatic rings. The summed E-state index contributed by atoms with van der Waals surface area (Å²) in [7, 11) is 0. The quantitative estimate of drug-likeness (QED) is 0.586. The molecule has 0 heterocycles. The van der Waals surface area contributed by atoms with Crippen molar-refractivity contribution < 1.29 is 14.3 Å². The number of hydrogen-bond acceptors (Lipinski definition) is 4. The molecule has 18 heavy (non-hydrogen) atoms. The molecule has 0 spiro atoms. The molecule has 0 bridgehead atoms. The van der Waals surface area contributed by atoms with E-state index in [1.54, 1.807) is 0 Å². The number of esters is 1. The number of hydrogen-bond donors (Lipinski definition) is 1. The van der Waals surface area contributed by atoms with Gasteiger partial charge in [-0.05, 0) is 59.3 Å². The van der Waals surface area contributed by atoms with Gasteiger partial charge < -0.3 is 15.2 Å². The summed E-state index contributed by atoms with van der Waals surface area (Å²) in [5.41, 5.74) is 5.68. The fraction of sp³-hybridized carbons (Fsp3) is 0.929. The first kappa shape index (κ1) is 15.4. The Kier molecular flexibility index (Phi) is 6.09. The van der Waals surface area contributed by atoms with Crippen molar-refractivity contribution in [1.82, 2.24) is 0 Å². The van der Waals surface area contributed by atoms with E-state index in [9.17, 15) is 4.79 Å². The van der Waals surface area contributed by atoms with Gasteiger partial charge in [0.1, 0.15) is 12.1 Å². The number of ether oxygens (including phenoxy) is 2. The molecule has 0 aromatic heterocycles. The lowest BCUT2D eigenvalue weighted by Gasteiger charge is -2.20. The summed E-state index contributed by atoms with van der Waals surface area (Å²) in [6.45, 7) is 6.68. The van der Waals surface area contributed by atoms with Crippen LogP contribution in [0, 0.1) is 0 Å². The summed E-state index contributed by atoms with van der Waals surface area (Å²) in [4.78, 5) is 11.7. The normalized spacial score (nSPS) is 18.9. The maximum absolute atomic E-state index is 11.7. The zero-order valence-corrected chi connectivity index (χ0v) is 11.9. The van der Waals surface area contributed by atoms with Crippen LogP contribution < -0.4 is 5.73 Å². The molecule has 2 N–H and O–H groups in total. The molecule has 4 nitrogen and oxygen atoms in total. The Morgan fingerprint density at radius 2 is 1.94 bits per heavy atom. The molecule has 106 valence electrons. The SMILES string of the molecule is CC(C)(C)OCCC[C@H](N)C(=O)OC1CCCC1. The third-order valence-corrected chi connectivity index (χ3v) is 3.08. The molecule has 0 saturated heterocycles. The predicted octanol–water partition coefficient (Wildman–Crippen LogP) is 2.39. The van der Waals surface area contributed by atoms with Crippen molar-refractivity contribution in [2.75, 3.05) is 6.61 Å². The molecule has 1 aliphatic rings. The van der Waals surface area contributed by atoms with Crippen LogP contribution in [0.25, 0.3) is 0 Å². The Morgan fingerprint density at radius 1 is 1.33 bits per heavy atom. The lowest BCUT2D eigenvalue weighted by atomic mass is 10.1. The van der Waals surface area contributed by atoms with Crippen molar-refractivity contribution in [3.8, 4) is 0 Å². The summed E-state index contributed by atoms with van der Waals surface area (Å²) in [5.74, 6) is -0.252. The van der Waals surface area contributed by atoms with E-state index in [4.69, 9.17) is 15.2 Å². The minimum absolute atomic E-state index is 0.106. The van der Waals surface area contributed by atoms with E-state index in [0.29, 0.717) is 13.0 Å². The van der Waals surface area contributed by atoms with Crippen molar-refractivity contribution >= 4 is 5.97 Å². The van der Waals surface area contributed by atoms with Crippen LogP contribution >= 0.6 is 0 Å². The lowest BCUT2D eigenvalue weighted by Crippen LogP contribution is -2.34. The first-order valence-corrected chi connectivity index (χ1v) is 6.98. The average Bonchev–Trinajstić information content (AvgIpc) is 2.75. The highest BCUT2D eigenvalue weighted by molar-refractivity contribution is 5.75. The summed E-state index contributed by atoms with van der Waals surface area (Å²) in [5, 5.41) is 0. The highest BCUT2D eigenvalue weighted by Crippen LogP contribution is 2.21. The van der Waals surface area contributed by atoms with Gasteiger partial charge in [0.25, 0.3) is 0 Å². The van der Waals surface area contributed by atoms with Gasteiger partial charge in [-0.3, -0.25) is 4.79 Å². The molecule has 0 radical (unpaired) electrons. The molecule has 1 rings (SSSR count). The van der Waals surface area contributed by atoms with Gasteiger partial charge in [0.2, 0.25) is 0 Å². The molecular formula is C14H27NO3. The van der Waals surface area contributed by atoms with Gasteiger partial charge in [0, 0.05) is 6.61 Å². The van der Waals surface area contributed by atoms with E-state index in [1.807, 2.05) is 20.8 Å². The van der Waals surface area contributed by atoms with Gasteiger partial charge >= 0.3 is 5.97 Å². The summed E-state index contributed by atoms with van der Waals surface area (Å²) >= 11 is 0. The molecule has 1 fully saturated rings. The van der Waals surface area contributed by atoms with Crippen LogP contribution in [0.2, 0.25) is 0 Å². The monoisotopic (exact) mass is 257 g/mol. The van der Waals surface area contributed by atoms with Crippen LogP contribution in [0.3, 0.4) is 0 Å². The molecule has 4 heteroatoms. The van der Waals surface area contributed by atoms with E-state index in [1.165, 1.54) is 0 Å². The van der Waals surface area contributed by atoms with Gasteiger partial charge in [0.05, 0.1) is 5.60 Å². The van der Waals surface area contributed by atoms with E-state index in [0.717, 1.165) is 32.1 Å². The highest BCUT2D eigenvalue weighted by atomic mass is 16.5. The van der Waals surface area contributed by atoms with E-state index in [2.05, 4.69) is 0 Å². The van der Waals surface area contributed by atoms with Gasteiger partial charge in [0.15, 0.2) is 0 Å². The molecule has 0 unspecified atom stereocenters. The zero-order chi connectivity index (χ0) is 13.6. The number of carbonyl (C=O) groups is 1. The topological polar surface area (TPSA) is 61.5 Å². The van der Waals surface area contributed by atoms with Crippen molar-refractivity contribution in [1.29, 1.82) is 0 Å². The number of carbonyl (C=O) groups excluding carboxylic acids is 1. The number of rotatable bonds is 6. The predicted molar refractivity (Wildman–Crippen MR) is 71.3 cm³/mol. The summed E-state index contributed by atoms with van der Waals surface area (Å²) in [6, 6.07) is -0.505. The van der Waals surface area contributed by atoms with E-state index < -0.39 is 6.04 Å². The molecule has 0 amide bonds. The fourth-order valence-electron chi connectivity index (χ4n) is 2.06. The van der Waals surface area contributed by atoms with Crippen LogP contribution in [0.15, 0.2) is 0 Å². The van der Waals surface area contributed by atoms with Crippen molar-refractivity contribution in [2.45, 2.75) is 77.0 Å². The highest BCUT2D eigenvalue weighted by Gasteiger charge is 2.23. The Morgan fingerprint density at radius 3 is 2.50 bits per heavy atom. The zero-order valence-electron chi connectivity index (χ0n) is 11.9. The van der Waals surface area contributed by atoms with Crippen molar-refractivity contribution in [3.63, 3.8) is 0 Å². The molecule has 1 saturated carbocycles. The lowest BCUT2D eigenvalue weighted by molar-refractivity contribution is -0.150. The van der Waals surface area contributed by atoms with Crippen LogP contribution in [0.1, 0.15) is 59.3 Å². The van der Waals surface area contributed by atoms with Gasteiger partial charge in [-0.1, -0.05) is 0 Å². The maximum Gasteiger partial charge on any atom is 0.323 e. The third-order valence-electron chi connectivity index (χ3n) is 3.08. The summed E-state index contributed by atoms with van der Waals surface area (Å²) < 4.78 is 11.0. The number of nitrogens with two attached hydrogens (primary N) is 1. The molecule has 1 atom stereocenters. The second-order valence-electron chi connectivity index (χ2n) is 6.05. The first-order valence-electron chi connectivity index (χ1n) is 6.98. The van der Waals surface area contributed by atoms with Crippen LogP contribution in [-0.4, -0.2) is 30.3 Å². The standard InChI is InChI=1S/C14H27NO3/c1-14(2,3)17-10-6-9-12(15)13(16)18-11-7-4-5-8-11/h11-12H,4-10,15H2,1-3H3/t12-/m0/s1. The second kappa shape index (κ2) is 7.10. The summed E-state index contributed by atoms with van der Waals surface area (Å²) in [6.07, 6.45) is 5.82. The van der Waals surface area contributed by atoms with Gasteiger partial charge in [-0.2, -0.15) is 0 Å². The van der Waals surface area contributed by atoms with Crippen LogP contribution in [-0.2, 0) is 14.3 Å². The van der Waals surface area contributed by atoms with Crippen LogP contribution in [0.5, 0.6) is 0 Å². The van der Waals surface area contributed by atoms with E-state index in [-0.39, 0.29) is 17.7 Å². The van der Waals surface area contributed by atoms with Gasteiger partial charge in [-0.25, -0.2) is 0 Å². The largest absolute Gasteiger partial charge is 0.461 e. The minimum Gasteiger partial charge on any atom is -0.461 e. The minimum atomic E-state index is -0.505. The van der Waals surface area contributed by atoms with Gasteiger partial charge in [-0.15, -0.1) is 0 Å². The fourth-order valence-corrected chi connectivity index (χ4v) is 2.06. The first-order chi connectivity index (χ1) is 8.38. The Balaban J connectivity index is 2.11. The maximum atomic E-state index is 11.7. The average molecular weight is 257 g/mol. The van der Waals surface area contributed by atoms with E-state index >= 15 is 0 Å². The van der Waals surface area contributed by atoms with Crippen molar-refractivity contribution in [2.24, 2.45) is 5.73 Å². The Bertz CT molecular complexity index is 254. The van der Waals surface area contributed by atoms with Crippen LogP contribution in [0.4, 0.5) is 0 Å². The molecule has 0 aromatic carbocycles. The Hall–Kier alpha value is -0.610. The Labute approximate surface area is 110 Å². The smallest absolute Gasteiger partial charge is 0.323 e. The third kappa shape index (κ3) is 6.36. The molecule has 0 aliphatic heterocycles. The second-order valence-corrected chi connectivity index (χ2v) is 6.05.